The highest BCUT2D eigenvalue weighted by Crippen LogP contribution is 2.21. The Labute approximate surface area is 127 Å². The lowest BCUT2D eigenvalue weighted by atomic mass is 10.2. The Hall–Kier alpha value is -2.18. The predicted molar refractivity (Wildman–Crippen MR) is 80.4 cm³/mol. The highest BCUT2D eigenvalue weighted by atomic mass is 35.5. The summed E-state index contributed by atoms with van der Waals surface area (Å²) in [6.07, 6.45) is -0.0273. The van der Waals surface area contributed by atoms with Gasteiger partial charge in [-0.2, -0.15) is 0 Å². The van der Waals surface area contributed by atoms with E-state index in [0.29, 0.717) is 22.4 Å². The Morgan fingerprint density at radius 3 is 2.52 bits per heavy atom. The summed E-state index contributed by atoms with van der Waals surface area (Å²) in [7, 11) is 3.70. The summed E-state index contributed by atoms with van der Waals surface area (Å²) < 4.78 is 0. The zero-order valence-corrected chi connectivity index (χ0v) is 12.4. The van der Waals surface area contributed by atoms with Crippen LogP contribution < -0.4 is 10.4 Å². The molecule has 1 heterocycles. The van der Waals surface area contributed by atoms with Gasteiger partial charge in [0, 0.05) is 30.7 Å². The van der Waals surface area contributed by atoms with Gasteiger partial charge in [0.2, 0.25) is 5.91 Å². The van der Waals surface area contributed by atoms with E-state index >= 15 is 0 Å². The summed E-state index contributed by atoms with van der Waals surface area (Å²) >= 11 is 5.87. The van der Waals surface area contributed by atoms with E-state index in [1.165, 1.54) is 0 Å². The monoisotopic (exact) mass is 306 g/mol. The highest BCUT2D eigenvalue weighted by molar-refractivity contribution is 6.30. The van der Waals surface area contributed by atoms with Gasteiger partial charge in [-0.05, 0) is 24.3 Å². The molecular weight excluding hydrogens is 292 g/mol. The van der Waals surface area contributed by atoms with Crippen molar-refractivity contribution in [2.24, 2.45) is 0 Å². The molecule has 0 radical (unpaired) electrons. The Morgan fingerprint density at radius 1 is 1.29 bits per heavy atom. The number of nitrogens with one attached hydrogen (secondary N) is 1. The first-order valence-corrected chi connectivity index (χ1v) is 6.61. The van der Waals surface area contributed by atoms with Gasteiger partial charge < -0.3 is 4.90 Å². The summed E-state index contributed by atoms with van der Waals surface area (Å²) in [6, 6.07) is 8.83. The molecule has 2 aromatic rings. The van der Waals surface area contributed by atoms with Gasteiger partial charge in [-0.1, -0.05) is 11.6 Å². The van der Waals surface area contributed by atoms with Crippen molar-refractivity contribution in [2.45, 2.75) is 6.42 Å². The molecule has 1 aromatic carbocycles. The van der Waals surface area contributed by atoms with Gasteiger partial charge in [-0.3, -0.25) is 10.0 Å². The number of rotatable bonds is 4. The number of amides is 1. The van der Waals surface area contributed by atoms with Crippen molar-refractivity contribution in [1.29, 1.82) is 0 Å². The number of benzene rings is 1. The van der Waals surface area contributed by atoms with Crippen molar-refractivity contribution in [2.75, 3.05) is 19.0 Å². The molecule has 110 valence electrons. The van der Waals surface area contributed by atoms with Gasteiger partial charge in [0.25, 0.3) is 0 Å². The standard InChI is InChI=1S/C14H15ClN4O2/c1-19(2)12-7-11(8-13(20)18-21)16-14(17-12)9-3-5-10(15)6-4-9/h3-7,21H,8H2,1-2H3,(H,18,20). The summed E-state index contributed by atoms with van der Waals surface area (Å²) in [4.78, 5) is 21.9. The molecule has 1 amide bonds. The van der Waals surface area contributed by atoms with Gasteiger partial charge in [-0.25, -0.2) is 15.4 Å². The number of nitrogens with zero attached hydrogens (tertiary/aromatic N) is 3. The highest BCUT2D eigenvalue weighted by Gasteiger charge is 2.11. The van der Waals surface area contributed by atoms with Gasteiger partial charge in [0.05, 0.1) is 12.1 Å². The second-order valence-corrected chi connectivity index (χ2v) is 5.09. The van der Waals surface area contributed by atoms with Crippen LogP contribution >= 0.6 is 11.6 Å². The number of halogens is 1. The Morgan fingerprint density at radius 2 is 1.95 bits per heavy atom. The molecule has 0 aliphatic rings. The first-order valence-electron chi connectivity index (χ1n) is 6.23. The first kappa shape index (κ1) is 15.2. The lowest BCUT2D eigenvalue weighted by Crippen LogP contribution is -2.22. The van der Waals surface area contributed by atoms with Crippen molar-refractivity contribution >= 4 is 23.3 Å². The van der Waals surface area contributed by atoms with E-state index in [1.807, 2.05) is 31.1 Å². The van der Waals surface area contributed by atoms with Crippen LogP contribution in [0.1, 0.15) is 5.69 Å². The van der Waals surface area contributed by atoms with Crippen molar-refractivity contribution in [3.63, 3.8) is 0 Å². The van der Waals surface area contributed by atoms with Crippen molar-refractivity contribution in [3.05, 3.63) is 41.0 Å². The number of hydrogen-bond acceptors (Lipinski definition) is 5. The minimum absolute atomic E-state index is 0.0273. The molecule has 0 unspecified atom stereocenters. The third kappa shape index (κ3) is 3.90. The normalized spacial score (nSPS) is 10.3. The number of carbonyl (C=O) groups excluding carboxylic acids is 1. The minimum Gasteiger partial charge on any atom is -0.363 e. The van der Waals surface area contributed by atoms with E-state index in [1.54, 1.807) is 23.7 Å². The lowest BCUT2D eigenvalue weighted by Gasteiger charge is -2.14. The second-order valence-electron chi connectivity index (χ2n) is 4.65. The van der Waals surface area contributed by atoms with E-state index in [0.717, 1.165) is 5.56 Å². The van der Waals surface area contributed by atoms with Gasteiger partial charge in [0.1, 0.15) is 5.82 Å². The molecule has 0 bridgehead atoms. The van der Waals surface area contributed by atoms with Crippen molar-refractivity contribution in [3.8, 4) is 11.4 Å². The van der Waals surface area contributed by atoms with Gasteiger partial charge in [0.15, 0.2) is 5.82 Å². The number of aromatic nitrogens is 2. The maximum absolute atomic E-state index is 11.3. The molecule has 0 aliphatic carbocycles. The van der Waals surface area contributed by atoms with Crippen molar-refractivity contribution < 1.29 is 10.0 Å². The molecule has 0 atom stereocenters. The summed E-state index contributed by atoms with van der Waals surface area (Å²) in [5, 5.41) is 9.25. The smallest absolute Gasteiger partial charge is 0.249 e. The van der Waals surface area contributed by atoms with Gasteiger partial charge in [-0.15, -0.1) is 0 Å². The number of hydroxylamine groups is 1. The zero-order chi connectivity index (χ0) is 15.4. The molecular formula is C14H15ClN4O2. The molecule has 1 aromatic heterocycles. The summed E-state index contributed by atoms with van der Waals surface area (Å²) in [5.74, 6) is 0.648. The summed E-state index contributed by atoms with van der Waals surface area (Å²) in [5.41, 5.74) is 2.92. The van der Waals surface area contributed by atoms with Crippen LogP contribution in [0.2, 0.25) is 5.02 Å². The Balaban J connectivity index is 2.44. The van der Waals surface area contributed by atoms with Crippen LogP contribution in [0, 0.1) is 0 Å². The fourth-order valence-corrected chi connectivity index (χ4v) is 1.86. The number of hydrogen-bond donors (Lipinski definition) is 2. The molecule has 6 nitrogen and oxygen atoms in total. The third-order valence-electron chi connectivity index (χ3n) is 2.79. The minimum atomic E-state index is -0.527. The molecule has 2 rings (SSSR count). The molecule has 21 heavy (non-hydrogen) atoms. The molecule has 0 aliphatic heterocycles. The second kappa shape index (κ2) is 6.51. The molecule has 0 saturated heterocycles. The number of anilines is 1. The van der Waals surface area contributed by atoms with E-state index in [-0.39, 0.29) is 6.42 Å². The van der Waals surface area contributed by atoms with E-state index in [4.69, 9.17) is 16.8 Å². The van der Waals surface area contributed by atoms with Crippen LogP contribution in [-0.2, 0) is 11.2 Å². The Kier molecular flexibility index (Phi) is 4.72. The van der Waals surface area contributed by atoms with Crippen LogP contribution in [0.4, 0.5) is 5.82 Å². The fraction of sp³-hybridized carbons (Fsp3) is 0.214. The maximum atomic E-state index is 11.3. The van der Waals surface area contributed by atoms with E-state index in [2.05, 4.69) is 9.97 Å². The Bertz CT molecular complexity index is 644. The quantitative estimate of drug-likeness (QED) is 0.666. The van der Waals surface area contributed by atoms with Crippen LogP contribution in [-0.4, -0.2) is 35.2 Å². The number of carbonyl (C=O) groups is 1. The largest absolute Gasteiger partial charge is 0.363 e. The average molecular weight is 307 g/mol. The van der Waals surface area contributed by atoms with Crippen LogP contribution in [0.5, 0.6) is 0 Å². The molecule has 0 fully saturated rings. The molecule has 0 saturated carbocycles. The van der Waals surface area contributed by atoms with Crippen molar-refractivity contribution in [1.82, 2.24) is 15.4 Å². The summed E-state index contributed by atoms with van der Waals surface area (Å²) in [6.45, 7) is 0. The maximum Gasteiger partial charge on any atom is 0.249 e. The SMILES string of the molecule is CN(C)c1cc(CC(=O)NO)nc(-c2ccc(Cl)cc2)n1. The van der Waals surface area contributed by atoms with Gasteiger partial charge >= 0.3 is 0 Å². The van der Waals surface area contributed by atoms with E-state index in [9.17, 15) is 4.79 Å². The lowest BCUT2D eigenvalue weighted by molar-refractivity contribution is -0.128. The molecule has 0 spiro atoms. The van der Waals surface area contributed by atoms with E-state index < -0.39 is 5.91 Å². The molecule has 7 heteroatoms. The third-order valence-corrected chi connectivity index (χ3v) is 3.04. The zero-order valence-electron chi connectivity index (χ0n) is 11.7. The fourth-order valence-electron chi connectivity index (χ4n) is 1.73. The van der Waals surface area contributed by atoms with Crippen LogP contribution in [0.15, 0.2) is 30.3 Å². The first-order chi connectivity index (χ1) is 9.99. The predicted octanol–water partition coefficient (Wildman–Crippen LogP) is 1.91. The van der Waals surface area contributed by atoms with Crippen LogP contribution in [0.3, 0.4) is 0 Å². The average Bonchev–Trinajstić information content (AvgIpc) is 2.47. The van der Waals surface area contributed by atoms with Crippen LogP contribution in [0.25, 0.3) is 11.4 Å². The molecule has 2 N–H and O–H groups in total. The topological polar surface area (TPSA) is 78.4 Å².